The van der Waals surface area contributed by atoms with Gasteiger partial charge >= 0.3 is 0 Å². The molecule has 2 aliphatic rings. The lowest BCUT2D eigenvalue weighted by atomic mass is 10.1. The van der Waals surface area contributed by atoms with Gasteiger partial charge in [0.15, 0.2) is 4.80 Å². The monoisotopic (exact) mass is 406 g/mol. The zero-order valence-electron chi connectivity index (χ0n) is 15.5. The molecule has 0 aliphatic carbocycles. The third-order valence-electron chi connectivity index (χ3n) is 5.17. The topological polar surface area (TPSA) is 52.8 Å². The molecule has 27 heavy (non-hydrogen) atoms. The van der Waals surface area contributed by atoms with Crippen molar-refractivity contribution in [3.63, 3.8) is 0 Å². The number of methoxy groups -OCH3 is 1. The van der Waals surface area contributed by atoms with E-state index in [9.17, 15) is 4.79 Å². The molecule has 1 amide bonds. The van der Waals surface area contributed by atoms with Crippen LogP contribution in [-0.2, 0) is 17.7 Å². The molecule has 4 rings (SSSR count). The summed E-state index contributed by atoms with van der Waals surface area (Å²) in [5, 5.41) is 0.490. The average Bonchev–Trinajstić information content (AvgIpc) is 3.21. The SMILES string of the molecule is CCCCn1c2c(s/c1=N\C(=O)c1cc(Cl)ccc1OC)CC1CCC2O1. The molecule has 7 heteroatoms. The summed E-state index contributed by atoms with van der Waals surface area (Å²) < 4.78 is 13.6. The molecule has 5 nitrogen and oxygen atoms in total. The number of aromatic nitrogens is 1. The van der Waals surface area contributed by atoms with Crippen molar-refractivity contribution in [1.82, 2.24) is 4.57 Å². The van der Waals surface area contributed by atoms with Crippen LogP contribution in [0, 0.1) is 0 Å². The van der Waals surface area contributed by atoms with Crippen LogP contribution in [0.25, 0.3) is 0 Å². The second-order valence-corrected chi connectivity index (χ2v) is 8.49. The normalized spacial score (nSPS) is 21.4. The summed E-state index contributed by atoms with van der Waals surface area (Å²) in [6, 6.07) is 5.01. The van der Waals surface area contributed by atoms with Crippen molar-refractivity contribution >= 4 is 28.8 Å². The second-order valence-electron chi connectivity index (χ2n) is 6.99. The van der Waals surface area contributed by atoms with Crippen molar-refractivity contribution in [3.8, 4) is 5.75 Å². The van der Waals surface area contributed by atoms with E-state index in [1.54, 1.807) is 36.6 Å². The van der Waals surface area contributed by atoms with Gasteiger partial charge in [0, 0.05) is 22.9 Å². The molecule has 144 valence electrons. The molecule has 0 radical (unpaired) electrons. The van der Waals surface area contributed by atoms with Gasteiger partial charge in [-0.3, -0.25) is 4.79 Å². The van der Waals surface area contributed by atoms with Crippen LogP contribution in [0.5, 0.6) is 5.75 Å². The average molecular weight is 407 g/mol. The first-order valence-electron chi connectivity index (χ1n) is 9.41. The lowest BCUT2D eigenvalue weighted by Gasteiger charge is -2.22. The third-order valence-corrected chi connectivity index (χ3v) is 6.52. The molecule has 2 unspecified atom stereocenters. The molecule has 0 spiro atoms. The molecule has 1 saturated heterocycles. The van der Waals surface area contributed by atoms with E-state index in [0.29, 0.717) is 22.4 Å². The Bertz CT molecular complexity index is 934. The van der Waals surface area contributed by atoms with Crippen molar-refractivity contribution in [2.45, 2.75) is 57.8 Å². The lowest BCUT2D eigenvalue weighted by molar-refractivity contribution is 0.0280. The first-order chi connectivity index (χ1) is 13.1. The van der Waals surface area contributed by atoms with Crippen LogP contribution in [0.15, 0.2) is 23.2 Å². The summed E-state index contributed by atoms with van der Waals surface area (Å²) in [6.07, 6.45) is 5.68. The number of rotatable bonds is 5. The number of nitrogens with zero attached hydrogens (tertiary/aromatic N) is 2. The number of carbonyl (C=O) groups excluding carboxylic acids is 1. The number of hydrogen-bond acceptors (Lipinski definition) is 4. The minimum atomic E-state index is -0.329. The van der Waals surface area contributed by atoms with E-state index in [-0.39, 0.29) is 12.0 Å². The van der Waals surface area contributed by atoms with E-state index in [2.05, 4.69) is 16.5 Å². The van der Waals surface area contributed by atoms with E-state index in [1.807, 2.05) is 0 Å². The van der Waals surface area contributed by atoms with Gasteiger partial charge in [0.05, 0.1) is 30.6 Å². The van der Waals surface area contributed by atoms with Crippen molar-refractivity contribution in [2.75, 3.05) is 7.11 Å². The van der Waals surface area contributed by atoms with Gasteiger partial charge in [-0.15, -0.1) is 11.3 Å². The Balaban J connectivity index is 1.78. The van der Waals surface area contributed by atoms with E-state index >= 15 is 0 Å². The van der Waals surface area contributed by atoms with Crippen LogP contribution in [0.3, 0.4) is 0 Å². The fourth-order valence-electron chi connectivity index (χ4n) is 3.84. The molecule has 2 aromatic rings. The number of thiazole rings is 1. The van der Waals surface area contributed by atoms with Crippen LogP contribution in [-0.4, -0.2) is 23.7 Å². The second kappa shape index (κ2) is 7.78. The molecule has 2 bridgehead atoms. The van der Waals surface area contributed by atoms with Crippen molar-refractivity contribution < 1.29 is 14.3 Å². The maximum Gasteiger partial charge on any atom is 0.283 e. The summed E-state index contributed by atoms with van der Waals surface area (Å²) in [5.74, 6) is 0.154. The van der Waals surface area contributed by atoms with E-state index in [4.69, 9.17) is 21.1 Å². The summed E-state index contributed by atoms with van der Waals surface area (Å²) in [6.45, 7) is 3.02. The predicted octanol–water partition coefficient (Wildman–Crippen LogP) is 4.53. The first kappa shape index (κ1) is 18.7. The third kappa shape index (κ3) is 3.58. The van der Waals surface area contributed by atoms with Crippen molar-refractivity contribution in [3.05, 3.63) is 44.2 Å². The Morgan fingerprint density at radius 2 is 2.30 bits per heavy atom. The Morgan fingerprint density at radius 1 is 1.44 bits per heavy atom. The number of hydrogen-bond donors (Lipinski definition) is 0. The fourth-order valence-corrected chi connectivity index (χ4v) is 5.28. The number of fused-ring (bicyclic) bond motifs is 4. The molecule has 1 aromatic heterocycles. The number of halogens is 1. The molecule has 2 aliphatic heterocycles. The van der Waals surface area contributed by atoms with Gasteiger partial charge in [-0.25, -0.2) is 0 Å². The van der Waals surface area contributed by atoms with E-state index < -0.39 is 0 Å². The molecule has 1 aromatic carbocycles. The van der Waals surface area contributed by atoms with Gasteiger partial charge in [0.25, 0.3) is 5.91 Å². The number of benzene rings is 1. The molecule has 3 heterocycles. The van der Waals surface area contributed by atoms with Gasteiger partial charge in [-0.2, -0.15) is 4.99 Å². The van der Waals surface area contributed by atoms with Crippen LogP contribution in [0.2, 0.25) is 5.02 Å². The largest absolute Gasteiger partial charge is 0.496 e. The number of unbranched alkanes of at least 4 members (excludes halogenated alkanes) is 1. The molecule has 0 N–H and O–H groups in total. The lowest BCUT2D eigenvalue weighted by Crippen LogP contribution is -2.24. The van der Waals surface area contributed by atoms with Crippen molar-refractivity contribution in [1.29, 1.82) is 0 Å². The molecule has 0 saturated carbocycles. The number of ether oxygens (including phenoxy) is 2. The van der Waals surface area contributed by atoms with Gasteiger partial charge in [-0.1, -0.05) is 24.9 Å². The van der Waals surface area contributed by atoms with Crippen molar-refractivity contribution in [2.24, 2.45) is 4.99 Å². The van der Waals surface area contributed by atoms with Crippen LogP contribution in [0.4, 0.5) is 0 Å². The summed E-state index contributed by atoms with van der Waals surface area (Å²) >= 11 is 7.70. The Kier molecular flexibility index (Phi) is 5.39. The first-order valence-corrected chi connectivity index (χ1v) is 10.6. The minimum Gasteiger partial charge on any atom is -0.496 e. The summed E-state index contributed by atoms with van der Waals surface area (Å²) in [7, 11) is 1.54. The highest BCUT2D eigenvalue weighted by atomic mass is 35.5. The Labute approximate surface area is 167 Å². The number of carbonyl (C=O) groups is 1. The molecule has 2 atom stereocenters. The summed E-state index contributed by atoms with van der Waals surface area (Å²) in [4.78, 5) is 19.4. The smallest absolute Gasteiger partial charge is 0.283 e. The van der Waals surface area contributed by atoms with Gasteiger partial charge in [-0.05, 0) is 37.5 Å². The standard InChI is InChI=1S/C20H23ClN2O3S/c1-3-4-9-23-18-16-8-6-13(26-16)11-17(18)27-20(23)22-19(24)14-10-12(21)5-7-15(14)25-2/h5,7,10,13,16H,3-4,6,8-9,11H2,1-2H3/b22-20-. The highest BCUT2D eigenvalue weighted by Crippen LogP contribution is 2.42. The minimum absolute atomic E-state index is 0.145. The van der Waals surface area contributed by atoms with E-state index in [0.717, 1.165) is 43.5 Å². The van der Waals surface area contributed by atoms with Crippen LogP contribution < -0.4 is 9.54 Å². The van der Waals surface area contributed by atoms with Crippen LogP contribution in [0.1, 0.15) is 59.6 Å². The maximum atomic E-state index is 12.9. The predicted molar refractivity (Wildman–Crippen MR) is 106 cm³/mol. The quantitative estimate of drug-likeness (QED) is 0.733. The molecule has 1 fully saturated rings. The van der Waals surface area contributed by atoms with Gasteiger partial charge in [0.2, 0.25) is 0 Å². The zero-order chi connectivity index (χ0) is 19.0. The summed E-state index contributed by atoms with van der Waals surface area (Å²) in [5.41, 5.74) is 1.61. The highest BCUT2D eigenvalue weighted by molar-refractivity contribution is 7.09. The van der Waals surface area contributed by atoms with E-state index in [1.165, 1.54) is 10.6 Å². The Morgan fingerprint density at radius 3 is 3.07 bits per heavy atom. The highest BCUT2D eigenvalue weighted by Gasteiger charge is 2.37. The van der Waals surface area contributed by atoms with Gasteiger partial charge < -0.3 is 14.0 Å². The zero-order valence-corrected chi connectivity index (χ0v) is 17.1. The molecular formula is C20H23ClN2O3S. The fraction of sp³-hybridized carbons (Fsp3) is 0.500. The molecular weight excluding hydrogens is 384 g/mol. The Hall–Kier alpha value is -1.63. The maximum absolute atomic E-state index is 12.9. The number of amides is 1. The van der Waals surface area contributed by atoms with Gasteiger partial charge in [0.1, 0.15) is 5.75 Å². The van der Waals surface area contributed by atoms with Crippen LogP contribution >= 0.6 is 22.9 Å².